The molecule has 2 aromatic carbocycles. The number of pyridine rings is 1. The summed E-state index contributed by atoms with van der Waals surface area (Å²) in [5.41, 5.74) is 2.38. The number of halogens is 3. The largest absolute Gasteiger partial charge is 0.394 e. The third kappa shape index (κ3) is 3.82. The predicted molar refractivity (Wildman–Crippen MR) is 118 cm³/mol. The van der Waals surface area contributed by atoms with Gasteiger partial charge in [0.05, 0.1) is 44.5 Å². The number of carbonyl (C=O) groups is 1. The average molecular weight is 450 g/mol. The van der Waals surface area contributed by atoms with Crippen LogP contribution in [0.5, 0.6) is 0 Å². The zero-order valence-corrected chi connectivity index (χ0v) is 17.8. The Morgan fingerprint density at radius 2 is 1.90 bits per heavy atom. The van der Waals surface area contributed by atoms with Crippen molar-refractivity contribution in [3.8, 4) is 11.3 Å². The number of amides is 1. The van der Waals surface area contributed by atoms with Crippen LogP contribution in [0, 0.1) is 0 Å². The van der Waals surface area contributed by atoms with E-state index < -0.39 is 0 Å². The Morgan fingerprint density at radius 1 is 1.10 bits per heavy atom. The first-order valence-electron chi connectivity index (χ1n) is 9.46. The minimum Gasteiger partial charge on any atom is -0.394 e. The summed E-state index contributed by atoms with van der Waals surface area (Å²) < 4.78 is 0. The van der Waals surface area contributed by atoms with Gasteiger partial charge >= 0.3 is 0 Å². The van der Waals surface area contributed by atoms with Crippen LogP contribution in [0.2, 0.25) is 15.1 Å². The van der Waals surface area contributed by atoms with Gasteiger partial charge in [0.25, 0.3) is 5.91 Å². The van der Waals surface area contributed by atoms with E-state index in [-0.39, 0.29) is 23.6 Å². The minimum absolute atomic E-state index is 0.0414. The lowest BCUT2D eigenvalue weighted by molar-refractivity contribution is 0.0505. The monoisotopic (exact) mass is 448 g/mol. The van der Waals surface area contributed by atoms with E-state index in [9.17, 15) is 9.90 Å². The van der Waals surface area contributed by atoms with Gasteiger partial charge in [-0.25, -0.2) is 4.98 Å². The number of para-hydroxylation sites is 1. The average Bonchev–Trinajstić information content (AvgIpc) is 2.76. The molecular weight excluding hydrogens is 431 g/mol. The van der Waals surface area contributed by atoms with Crippen molar-refractivity contribution in [2.75, 3.05) is 13.2 Å². The van der Waals surface area contributed by atoms with Crippen LogP contribution in [0.4, 0.5) is 0 Å². The van der Waals surface area contributed by atoms with Crippen molar-refractivity contribution in [1.82, 2.24) is 9.88 Å². The lowest BCUT2D eigenvalue weighted by Gasteiger charge is -2.35. The highest BCUT2D eigenvalue weighted by atomic mass is 35.5. The van der Waals surface area contributed by atoms with Gasteiger partial charge in [0.15, 0.2) is 0 Å². The Hall–Kier alpha value is -1.85. The standard InChI is InChI=1S/C22H19Cl3N2O2/c23-17-9-8-15(20(24)21(17)25)19-11-16(14-6-1-2-7-18(14)26-19)22(29)27-10-4-3-5-13(27)12-28/h1-2,6-9,11,13,28H,3-5,10,12H2. The van der Waals surface area contributed by atoms with Crippen LogP contribution in [0.3, 0.4) is 0 Å². The fourth-order valence-corrected chi connectivity index (χ4v) is 4.46. The van der Waals surface area contributed by atoms with Crippen molar-refractivity contribution in [3.05, 3.63) is 63.1 Å². The molecule has 1 amide bonds. The molecule has 2 heterocycles. The molecule has 7 heteroatoms. The molecule has 1 aliphatic heterocycles. The van der Waals surface area contributed by atoms with E-state index >= 15 is 0 Å². The molecule has 1 unspecified atom stereocenters. The van der Waals surface area contributed by atoms with Crippen molar-refractivity contribution in [2.24, 2.45) is 0 Å². The van der Waals surface area contributed by atoms with Crippen LogP contribution in [0.1, 0.15) is 29.6 Å². The molecule has 0 spiro atoms. The maximum atomic E-state index is 13.5. The Bertz CT molecular complexity index is 1090. The van der Waals surface area contributed by atoms with Crippen LogP contribution in [-0.4, -0.2) is 40.1 Å². The second-order valence-electron chi connectivity index (χ2n) is 7.13. The van der Waals surface area contributed by atoms with Gasteiger partial charge in [0.2, 0.25) is 0 Å². The Morgan fingerprint density at radius 3 is 2.69 bits per heavy atom. The van der Waals surface area contributed by atoms with Crippen molar-refractivity contribution < 1.29 is 9.90 Å². The molecule has 29 heavy (non-hydrogen) atoms. The van der Waals surface area contributed by atoms with Crippen LogP contribution in [-0.2, 0) is 0 Å². The van der Waals surface area contributed by atoms with E-state index in [1.165, 1.54) is 0 Å². The molecule has 1 saturated heterocycles. The lowest BCUT2D eigenvalue weighted by Crippen LogP contribution is -2.45. The number of nitrogens with zero attached hydrogens (tertiary/aromatic N) is 2. The number of piperidine rings is 1. The van der Waals surface area contributed by atoms with Gasteiger partial charge in [0, 0.05) is 17.5 Å². The Kier molecular flexibility index (Phi) is 5.98. The zero-order valence-electron chi connectivity index (χ0n) is 15.5. The number of likely N-dealkylation sites (tertiary alicyclic amines) is 1. The lowest BCUT2D eigenvalue weighted by atomic mass is 9.99. The fourth-order valence-electron chi connectivity index (χ4n) is 3.83. The van der Waals surface area contributed by atoms with Gasteiger partial charge < -0.3 is 10.0 Å². The second kappa shape index (κ2) is 8.49. The third-order valence-electron chi connectivity index (χ3n) is 5.36. The summed E-state index contributed by atoms with van der Waals surface area (Å²) in [5, 5.41) is 11.4. The Labute approximate surface area is 184 Å². The molecule has 150 valence electrons. The molecule has 1 atom stereocenters. The summed E-state index contributed by atoms with van der Waals surface area (Å²) in [4.78, 5) is 19.9. The number of rotatable bonds is 3. The van der Waals surface area contributed by atoms with Crippen molar-refractivity contribution in [3.63, 3.8) is 0 Å². The normalized spacial score (nSPS) is 17.0. The first kappa shape index (κ1) is 20.4. The number of aromatic nitrogens is 1. The van der Waals surface area contributed by atoms with Crippen LogP contribution >= 0.6 is 34.8 Å². The van der Waals surface area contributed by atoms with E-state index in [1.807, 2.05) is 24.3 Å². The molecule has 1 aromatic heterocycles. The number of aliphatic hydroxyl groups excluding tert-OH is 1. The van der Waals surface area contributed by atoms with Crippen molar-refractivity contribution in [2.45, 2.75) is 25.3 Å². The summed E-state index contributed by atoms with van der Waals surface area (Å²) in [6.07, 6.45) is 2.74. The van der Waals surface area contributed by atoms with Crippen LogP contribution < -0.4 is 0 Å². The molecule has 0 aliphatic carbocycles. The zero-order chi connectivity index (χ0) is 20.5. The number of benzene rings is 2. The number of hydrogen-bond acceptors (Lipinski definition) is 3. The summed E-state index contributed by atoms with van der Waals surface area (Å²) in [6, 6.07) is 12.5. The second-order valence-corrected chi connectivity index (χ2v) is 8.29. The number of aliphatic hydroxyl groups is 1. The molecule has 0 radical (unpaired) electrons. The van der Waals surface area contributed by atoms with E-state index in [0.717, 1.165) is 24.6 Å². The summed E-state index contributed by atoms with van der Waals surface area (Å²) >= 11 is 18.7. The maximum Gasteiger partial charge on any atom is 0.254 e. The number of carbonyl (C=O) groups excluding carboxylic acids is 1. The molecule has 0 saturated carbocycles. The number of fused-ring (bicyclic) bond motifs is 1. The highest BCUT2D eigenvalue weighted by molar-refractivity contribution is 6.49. The molecule has 4 nitrogen and oxygen atoms in total. The first-order valence-corrected chi connectivity index (χ1v) is 10.6. The molecule has 1 aliphatic rings. The summed E-state index contributed by atoms with van der Waals surface area (Å²) in [7, 11) is 0. The molecular formula is C22H19Cl3N2O2. The SMILES string of the molecule is O=C(c1cc(-c2ccc(Cl)c(Cl)c2Cl)nc2ccccc12)N1CCCCC1CO. The first-order chi connectivity index (χ1) is 14.0. The number of hydrogen-bond donors (Lipinski definition) is 1. The third-order valence-corrected chi connectivity index (χ3v) is 6.65. The fraction of sp³-hybridized carbons (Fsp3) is 0.273. The van der Waals surface area contributed by atoms with E-state index in [2.05, 4.69) is 0 Å². The van der Waals surface area contributed by atoms with Crippen LogP contribution in [0.25, 0.3) is 22.2 Å². The highest BCUT2D eigenvalue weighted by Gasteiger charge is 2.28. The van der Waals surface area contributed by atoms with Crippen LogP contribution in [0.15, 0.2) is 42.5 Å². The summed E-state index contributed by atoms with van der Waals surface area (Å²) in [5.74, 6) is -0.111. The highest BCUT2D eigenvalue weighted by Crippen LogP contribution is 2.38. The molecule has 1 N–H and O–H groups in total. The van der Waals surface area contributed by atoms with Gasteiger partial charge in [-0.3, -0.25) is 4.79 Å². The smallest absolute Gasteiger partial charge is 0.254 e. The Balaban J connectivity index is 1.88. The van der Waals surface area contributed by atoms with Crippen molar-refractivity contribution >= 4 is 51.6 Å². The van der Waals surface area contributed by atoms with Gasteiger partial charge in [-0.15, -0.1) is 0 Å². The van der Waals surface area contributed by atoms with Gasteiger partial charge in [-0.2, -0.15) is 0 Å². The molecule has 4 rings (SSSR count). The topological polar surface area (TPSA) is 53.4 Å². The van der Waals surface area contributed by atoms with E-state index in [0.29, 0.717) is 38.9 Å². The predicted octanol–water partition coefficient (Wildman–Crippen LogP) is 5.85. The van der Waals surface area contributed by atoms with Gasteiger partial charge in [-0.1, -0.05) is 53.0 Å². The van der Waals surface area contributed by atoms with E-state index in [1.54, 1.807) is 23.1 Å². The molecule has 0 bridgehead atoms. The quantitative estimate of drug-likeness (QED) is 0.510. The van der Waals surface area contributed by atoms with Gasteiger partial charge in [0.1, 0.15) is 0 Å². The van der Waals surface area contributed by atoms with Crippen molar-refractivity contribution in [1.29, 1.82) is 0 Å². The molecule has 1 fully saturated rings. The molecule has 3 aromatic rings. The summed E-state index contributed by atoms with van der Waals surface area (Å²) in [6.45, 7) is 0.587. The van der Waals surface area contributed by atoms with E-state index in [4.69, 9.17) is 39.8 Å². The minimum atomic E-state index is -0.166. The van der Waals surface area contributed by atoms with Gasteiger partial charge in [-0.05, 0) is 43.5 Å². The maximum absolute atomic E-state index is 13.5.